The van der Waals surface area contributed by atoms with Gasteiger partial charge in [-0.15, -0.1) is 0 Å². The first-order valence-electron chi connectivity index (χ1n) is 5.06. The van der Waals surface area contributed by atoms with E-state index in [0.717, 1.165) is 6.42 Å². The molecule has 2 atom stereocenters. The van der Waals surface area contributed by atoms with Gasteiger partial charge in [0.1, 0.15) is 11.4 Å². The van der Waals surface area contributed by atoms with Crippen molar-refractivity contribution in [3.63, 3.8) is 0 Å². The lowest BCUT2D eigenvalue weighted by Crippen LogP contribution is -2.39. The number of hydrogen-bond acceptors (Lipinski definition) is 3. The Bertz CT molecular complexity index is 254. The van der Waals surface area contributed by atoms with E-state index in [2.05, 4.69) is 19.2 Å². The predicted octanol–water partition coefficient (Wildman–Crippen LogP) is 1.88. The average molecular weight is 197 g/mol. The fourth-order valence-electron chi connectivity index (χ4n) is 1.19. The highest BCUT2D eigenvalue weighted by molar-refractivity contribution is 5.08. The molecule has 0 aliphatic rings. The van der Waals surface area contributed by atoms with Crippen molar-refractivity contribution in [1.29, 1.82) is 0 Å². The maximum absolute atomic E-state index is 10.1. The van der Waals surface area contributed by atoms with Gasteiger partial charge in [0, 0.05) is 12.6 Å². The second kappa shape index (κ2) is 4.62. The van der Waals surface area contributed by atoms with Crippen molar-refractivity contribution < 1.29 is 9.52 Å². The third-order valence-corrected chi connectivity index (χ3v) is 2.46. The van der Waals surface area contributed by atoms with E-state index in [0.29, 0.717) is 18.3 Å². The molecule has 0 aliphatic heterocycles. The van der Waals surface area contributed by atoms with Crippen LogP contribution in [0.15, 0.2) is 22.8 Å². The molecule has 1 aromatic heterocycles. The molecular weight excluding hydrogens is 178 g/mol. The summed E-state index contributed by atoms with van der Waals surface area (Å²) in [6, 6.07) is 3.99. The Balaban J connectivity index is 2.50. The first-order valence-corrected chi connectivity index (χ1v) is 5.06. The number of nitrogens with one attached hydrogen (secondary N) is 1. The summed E-state index contributed by atoms with van der Waals surface area (Å²) in [5.41, 5.74) is -0.924. The number of furan rings is 1. The molecule has 2 unspecified atom stereocenters. The molecule has 0 amide bonds. The van der Waals surface area contributed by atoms with Crippen molar-refractivity contribution in [1.82, 2.24) is 5.32 Å². The minimum Gasteiger partial charge on any atom is -0.466 e. The molecule has 3 heteroatoms. The molecule has 3 nitrogen and oxygen atoms in total. The minimum atomic E-state index is -0.924. The van der Waals surface area contributed by atoms with Crippen LogP contribution in [0.25, 0.3) is 0 Å². The van der Waals surface area contributed by atoms with Crippen LogP contribution in [0.5, 0.6) is 0 Å². The molecule has 1 aromatic rings. The molecule has 0 radical (unpaired) electrons. The van der Waals surface area contributed by atoms with Gasteiger partial charge in [-0.1, -0.05) is 6.92 Å². The van der Waals surface area contributed by atoms with Crippen LogP contribution in [0.4, 0.5) is 0 Å². The molecule has 0 aliphatic carbocycles. The lowest BCUT2D eigenvalue weighted by atomic mass is 10.0. The monoisotopic (exact) mass is 197 g/mol. The summed E-state index contributed by atoms with van der Waals surface area (Å²) in [5.74, 6) is 0.605. The van der Waals surface area contributed by atoms with Gasteiger partial charge in [0.2, 0.25) is 0 Å². The minimum absolute atomic E-state index is 0.413. The van der Waals surface area contributed by atoms with Gasteiger partial charge in [0.05, 0.1) is 6.26 Å². The van der Waals surface area contributed by atoms with Crippen molar-refractivity contribution in [3.8, 4) is 0 Å². The van der Waals surface area contributed by atoms with E-state index in [1.165, 1.54) is 0 Å². The van der Waals surface area contributed by atoms with E-state index in [1.807, 2.05) is 0 Å². The normalized spacial score (nSPS) is 17.7. The Morgan fingerprint density at radius 1 is 1.64 bits per heavy atom. The predicted molar refractivity (Wildman–Crippen MR) is 56.0 cm³/mol. The fourth-order valence-corrected chi connectivity index (χ4v) is 1.19. The van der Waals surface area contributed by atoms with Crippen LogP contribution < -0.4 is 5.32 Å². The van der Waals surface area contributed by atoms with Gasteiger partial charge in [-0.2, -0.15) is 0 Å². The molecule has 0 saturated heterocycles. The maximum Gasteiger partial charge on any atom is 0.136 e. The standard InChI is InChI=1S/C11H19NO2/c1-4-9(2)12-8-11(3,13)10-6-5-7-14-10/h5-7,9,12-13H,4,8H2,1-3H3. The zero-order valence-corrected chi connectivity index (χ0v) is 9.08. The summed E-state index contributed by atoms with van der Waals surface area (Å²) >= 11 is 0. The molecular formula is C11H19NO2. The lowest BCUT2D eigenvalue weighted by molar-refractivity contribution is 0.0320. The van der Waals surface area contributed by atoms with Crippen LogP contribution in [0, 0.1) is 0 Å². The third kappa shape index (κ3) is 2.86. The topological polar surface area (TPSA) is 45.4 Å². The smallest absolute Gasteiger partial charge is 0.136 e. The summed E-state index contributed by atoms with van der Waals surface area (Å²) < 4.78 is 5.17. The molecule has 0 fully saturated rings. The lowest BCUT2D eigenvalue weighted by Gasteiger charge is -2.23. The van der Waals surface area contributed by atoms with Crippen molar-refractivity contribution in [2.45, 2.75) is 38.8 Å². The van der Waals surface area contributed by atoms with Gasteiger partial charge in [-0.25, -0.2) is 0 Å². The molecule has 0 spiro atoms. The van der Waals surface area contributed by atoms with E-state index in [4.69, 9.17) is 4.42 Å². The molecule has 80 valence electrons. The van der Waals surface area contributed by atoms with Gasteiger partial charge in [0.25, 0.3) is 0 Å². The Hall–Kier alpha value is -0.800. The van der Waals surface area contributed by atoms with E-state index in [9.17, 15) is 5.11 Å². The number of hydrogen-bond donors (Lipinski definition) is 2. The Kier molecular flexibility index (Phi) is 3.72. The maximum atomic E-state index is 10.1. The number of rotatable bonds is 5. The molecule has 2 N–H and O–H groups in total. The summed E-state index contributed by atoms with van der Waals surface area (Å²) in [7, 11) is 0. The zero-order valence-electron chi connectivity index (χ0n) is 9.08. The second-order valence-electron chi connectivity index (χ2n) is 3.94. The van der Waals surface area contributed by atoms with Gasteiger partial charge < -0.3 is 14.8 Å². The molecule has 0 aromatic carbocycles. The largest absolute Gasteiger partial charge is 0.466 e. The third-order valence-electron chi connectivity index (χ3n) is 2.46. The van der Waals surface area contributed by atoms with E-state index in [-0.39, 0.29) is 0 Å². The molecule has 0 bridgehead atoms. The highest BCUT2D eigenvalue weighted by atomic mass is 16.4. The van der Waals surface area contributed by atoms with Crippen LogP contribution in [0.1, 0.15) is 33.0 Å². The first kappa shape index (κ1) is 11.3. The zero-order chi connectivity index (χ0) is 10.6. The highest BCUT2D eigenvalue weighted by Crippen LogP contribution is 2.19. The summed E-state index contributed by atoms with van der Waals surface area (Å²) in [6.45, 7) is 6.47. The molecule has 14 heavy (non-hydrogen) atoms. The highest BCUT2D eigenvalue weighted by Gasteiger charge is 2.25. The quantitative estimate of drug-likeness (QED) is 0.757. The molecule has 1 rings (SSSR count). The fraction of sp³-hybridized carbons (Fsp3) is 0.636. The van der Waals surface area contributed by atoms with Crippen LogP contribution in [0.3, 0.4) is 0 Å². The molecule has 0 saturated carbocycles. The van der Waals surface area contributed by atoms with E-state index in [1.54, 1.807) is 25.3 Å². The van der Waals surface area contributed by atoms with Crippen molar-refractivity contribution >= 4 is 0 Å². The summed E-state index contributed by atoms with van der Waals surface area (Å²) in [6.07, 6.45) is 2.63. The Morgan fingerprint density at radius 2 is 2.36 bits per heavy atom. The number of aliphatic hydroxyl groups is 1. The summed E-state index contributed by atoms with van der Waals surface area (Å²) in [4.78, 5) is 0. The van der Waals surface area contributed by atoms with Crippen molar-refractivity contribution in [3.05, 3.63) is 24.2 Å². The van der Waals surface area contributed by atoms with Crippen LogP contribution >= 0.6 is 0 Å². The van der Waals surface area contributed by atoms with Crippen molar-refractivity contribution in [2.75, 3.05) is 6.54 Å². The first-order chi connectivity index (χ1) is 6.56. The van der Waals surface area contributed by atoms with E-state index < -0.39 is 5.60 Å². The van der Waals surface area contributed by atoms with Gasteiger partial charge in [-0.05, 0) is 32.4 Å². The van der Waals surface area contributed by atoms with Crippen LogP contribution in [-0.4, -0.2) is 17.7 Å². The Morgan fingerprint density at radius 3 is 2.86 bits per heavy atom. The van der Waals surface area contributed by atoms with Gasteiger partial charge >= 0.3 is 0 Å². The average Bonchev–Trinajstić information content (AvgIpc) is 2.67. The Labute approximate surface area is 85.1 Å². The van der Waals surface area contributed by atoms with Gasteiger partial charge in [0.15, 0.2) is 0 Å². The molecule has 1 heterocycles. The van der Waals surface area contributed by atoms with Crippen LogP contribution in [-0.2, 0) is 5.60 Å². The van der Waals surface area contributed by atoms with Crippen LogP contribution in [0.2, 0.25) is 0 Å². The van der Waals surface area contributed by atoms with E-state index >= 15 is 0 Å². The summed E-state index contributed by atoms with van der Waals surface area (Å²) in [5, 5.41) is 13.3. The van der Waals surface area contributed by atoms with Gasteiger partial charge in [-0.3, -0.25) is 0 Å². The second-order valence-corrected chi connectivity index (χ2v) is 3.94. The SMILES string of the molecule is CCC(C)NCC(C)(O)c1ccco1. The van der Waals surface area contributed by atoms with Crippen molar-refractivity contribution in [2.24, 2.45) is 0 Å².